The standard InChI is InChI=1S/C20H14BrClN6.C20H14BrFN6.C20H21BrN6.C20H15BrN6/c2*21-14-10-26-28-19(23-9-12-5-6-16-18(7-12)25-11-24-16)8-17(27-20(14)28)13-3-1-2-4-15(13)22;2*21-15-11-25-27-19(9-17(26-20(15)27)14-4-2-1-3-5-14)22-10-13-6-7-16-18(8-13)24-12-23-16/h2*1-8,10-11,23H,9H2,(H,24,25);6-9,11-12,14,22H,1-5,10H2,(H,23,24);1-9,11-12,22H,10H2,(H,23,24). The Labute approximate surface area is 664 Å². The van der Waals surface area contributed by atoms with Gasteiger partial charge in [0.25, 0.3) is 0 Å². The molecule has 1 aliphatic carbocycles. The molecule has 0 spiro atoms. The predicted octanol–water partition coefficient (Wildman–Crippen LogP) is 19.8. The van der Waals surface area contributed by atoms with Crippen LogP contribution >= 0.6 is 75.3 Å². The summed E-state index contributed by atoms with van der Waals surface area (Å²) in [6.07, 6.45) is 20.2. The molecular formula is C80H64Br4ClFN24. The number of imidazole rings is 4. The minimum absolute atomic E-state index is 0.314. The molecule has 19 aromatic rings. The predicted molar refractivity (Wildman–Crippen MR) is 444 cm³/mol. The molecular weight excluding hydrogens is 1670 g/mol. The number of nitrogens with zero attached hydrogens (tertiary/aromatic N) is 16. The van der Waals surface area contributed by atoms with E-state index in [0.29, 0.717) is 47.5 Å². The fourth-order valence-electron chi connectivity index (χ4n) is 13.4. The monoisotopic (exact) mass is 1730 g/mol. The zero-order chi connectivity index (χ0) is 74.6. The highest BCUT2D eigenvalue weighted by Crippen LogP contribution is 2.36. The van der Waals surface area contributed by atoms with Gasteiger partial charge in [-0.05, 0) is 166 Å². The molecule has 20 rings (SSSR count). The molecule has 1 saturated carbocycles. The summed E-state index contributed by atoms with van der Waals surface area (Å²) < 4.78 is 24.8. The third-order valence-electron chi connectivity index (χ3n) is 19.0. The highest BCUT2D eigenvalue weighted by atomic mass is 79.9. The number of aromatic amines is 4. The highest BCUT2D eigenvalue weighted by Gasteiger charge is 2.22. The number of anilines is 4. The highest BCUT2D eigenvalue weighted by molar-refractivity contribution is 9.11. The van der Waals surface area contributed by atoms with Crippen molar-refractivity contribution in [2.45, 2.75) is 64.2 Å². The van der Waals surface area contributed by atoms with Gasteiger partial charge in [-0.15, -0.1) is 0 Å². The van der Waals surface area contributed by atoms with Crippen molar-refractivity contribution in [3.63, 3.8) is 0 Å². The second-order valence-electron chi connectivity index (χ2n) is 26.1. The molecule has 12 heterocycles. The normalized spacial score (nSPS) is 12.4. The van der Waals surface area contributed by atoms with Crippen LogP contribution in [0.15, 0.2) is 244 Å². The molecule has 110 heavy (non-hydrogen) atoms. The second kappa shape index (κ2) is 31.8. The van der Waals surface area contributed by atoms with Gasteiger partial charge in [-0.25, -0.2) is 44.3 Å². The zero-order valence-electron chi connectivity index (χ0n) is 58.2. The Balaban J connectivity index is 0.000000107. The van der Waals surface area contributed by atoms with Crippen molar-refractivity contribution in [3.05, 3.63) is 283 Å². The van der Waals surface area contributed by atoms with E-state index in [1.807, 2.05) is 106 Å². The topological polar surface area (TPSA) is 284 Å². The molecule has 1 aliphatic rings. The molecule has 0 bridgehead atoms. The van der Waals surface area contributed by atoms with Crippen molar-refractivity contribution in [1.82, 2.24) is 98.3 Å². The summed E-state index contributed by atoms with van der Waals surface area (Å²) in [6, 6.07) is 57.1. The first-order chi connectivity index (χ1) is 53.9. The maximum atomic E-state index is 14.3. The first kappa shape index (κ1) is 71.2. The lowest BCUT2D eigenvalue weighted by molar-refractivity contribution is 0.437. The van der Waals surface area contributed by atoms with E-state index in [-0.39, 0.29) is 5.82 Å². The van der Waals surface area contributed by atoms with Gasteiger partial charge in [0.2, 0.25) is 0 Å². The van der Waals surface area contributed by atoms with E-state index in [2.05, 4.69) is 205 Å². The first-order valence-corrected chi connectivity index (χ1v) is 38.8. The maximum absolute atomic E-state index is 14.3. The van der Waals surface area contributed by atoms with E-state index in [0.717, 1.165) is 148 Å². The van der Waals surface area contributed by atoms with Crippen LogP contribution < -0.4 is 21.3 Å². The van der Waals surface area contributed by atoms with Gasteiger partial charge in [0.15, 0.2) is 22.6 Å². The summed E-state index contributed by atoms with van der Waals surface area (Å²) in [7, 11) is 0. The van der Waals surface area contributed by atoms with Crippen LogP contribution in [-0.2, 0) is 26.2 Å². The van der Waals surface area contributed by atoms with E-state index in [9.17, 15) is 4.39 Å². The molecule has 30 heteroatoms. The van der Waals surface area contributed by atoms with E-state index >= 15 is 0 Å². The van der Waals surface area contributed by atoms with Crippen molar-refractivity contribution in [1.29, 1.82) is 0 Å². The van der Waals surface area contributed by atoms with E-state index in [4.69, 9.17) is 26.6 Å². The van der Waals surface area contributed by atoms with Crippen LogP contribution in [0.2, 0.25) is 5.02 Å². The van der Waals surface area contributed by atoms with Crippen LogP contribution in [0, 0.1) is 5.82 Å². The third kappa shape index (κ3) is 15.4. The molecule has 546 valence electrons. The maximum Gasteiger partial charge on any atom is 0.172 e. The number of fused-ring (bicyclic) bond motifs is 8. The Kier molecular flexibility index (Phi) is 20.6. The quantitative estimate of drug-likeness (QED) is 0.0446. The molecule has 0 saturated heterocycles. The van der Waals surface area contributed by atoms with Crippen LogP contribution in [0.25, 0.3) is 100 Å². The number of aromatic nitrogens is 20. The molecule has 8 N–H and O–H groups in total. The lowest BCUT2D eigenvalue weighted by atomic mass is 9.87. The smallest absolute Gasteiger partial charge is 0.172 e. The van der Waals surface area contributed by atoms with Crippen molar-refractivity contribution >= 4 is 165 Å². The number of hydrogen-bond donors (Lipinski definition) is 8. The first-order valence-electron chi connectivity index (χ1n) is 35.3. The zero-order valence-corrected chi connectivity index (χ0v) is 65.3. The van der Waals surface area contributed by atoms with E-state index in [1.54, 1.807) is 77.2 Å². The van der Waals surface area contributed by atoms with Crippen molar-refractivity contribution < 1.29 is 4.39 Å². The van der Waals surface area contributed by atoms with Crippen LogP contribution in [0.1, 0.15) is 66.0 Å². The fourth-order valence-corrected chi connectivity index (χ4v) is 15.0. The van der Waals surface area contributed by atoms with Crippen LogP contribution in [0.3, 0.4) is 0 Å². The summed E-state index contributed by atoms with van der Waals surface area (Å²) in [5, 5.41) is 32.3. The molecule has 0 amide bonds. The average molecular weight is 1740 g/mol. The van der Waals surface area contributed by atoms with Gasteiger partial charge in [0.05, 0.1) is 129 Å². The summed E-state index contributed by atoms with van der Waals surface area (Å²) in [5.41, 5.74) is 21.3. The molecule has 7 aromatic carbocycles. The van der Waals surface area contributed by atoms with Gasteiger partial charge < -0.3 is 41.2 Å². The van der Waals surface area contributed by atoms with Crippen LogP contribution in [-0.4, -0.2) is 98.3 Å². The molecule has 0 radical (unpaired) electrons. The van der Waals surface area contributed by atoms with Gasteiger partial charge >= 0.3 is 0 Å². The second-order valence-corrected chi connectivity index (χ2v) is 30.0. The summed E-state index contributed by atoms with van der Waals surface area (Å²) >= 11 is 20.5. The molecule has 0 atom stereocenters. The summed E-state index contributed by atoms with van der Waals surface area (Å²) in [5.74, 6) is 3.65. The molecule has 0 unspecified atom stereocenters. The third-order valence-corrected chi connectivity index (χ3v) is 21.5. The van der Waals surface area contributed by atoms with Crippen molar-refractivity contribution in [3.8, 4) is 33.8 Å². The number of benzene rings is 7. The Morgan fingerprint density at radius 3 is 1.15 bits per heavy atom. The lowest BCUT2D eigenvalue weighted by Crippen LogP contribution is -2.11. The summed E-state index contributed by atoms with van der Waals surface area (Å²) in [4.78, 5) is 48.6. The van der Waals surface area contributed by atoms with E-state index < -0.39 is 0 Å². The Morgan fingerprint density at radius 2 is 0.736 bits per heavy atom. The molecule has 12 aromatic heterocycles. The average Bonchev–Trinajstić information content (AvgIpc) is 1.58. The number of H-pyrrole nitrogens is 4. The molecule has 1 fully saturated rings. The number of hydrogen-bond acceptors (Lipinski definition) is 16. The minimum atomic E-state index is -0.314. The SMILES string of the molecule is Brc1cnn2c(NCc3ccc4nc[nH]c4c3)cc(-c3ccccc3)nc12.Brc1cnn2c(NCc3ccc4nc[nH]c4c3)cc(C3CCCCC3)nc12.Clc1ccccc1-c1cc(NCc2ccc3nc[nH]c3c2)n2ncc(Br)c2n1.Fc1ccccc1-c1cc(NCc2ccc3nc[nH]c3c2)n2ncc(Br)c2n1. The number of halogens is 6. The minimum Gasteiger partial charge on any atom is -0.366 e. The Morgan fingerprint density at radius 1 is 0.382 bits per heavy atom. The largest absolute Gasteiger partial charge is 0.366 e. The van der Waals surface area contributed by atoms with Gasteiger partial charge in [0, 0.05) is 83.8 Å². The van der Waals surface area contributed by atoms with Gasteiger partial charge in [-0.1, -0.05) is 116 Å². The Bertz CT molecular complexity index is 6310. The van der Waals surface area contributed by atoms with Crippen LogP contribution in [0.5, 0.6) is 0 Å². The van der Waals surface area contributed by atoms with Gasteiger partial charge in [-0.3, -0.25) is 0 Å². The lowest BCUT2D eigenvalue weighted by Gasteiger charge is -2.22. The summed E-state index contributed by atoms with van der Waals surface area (Å²) in [6.45, 7) is 2.59. The fraction of sp³-hybridized carbons (Fsp3) is 0.125. The Hall–Kier alpha value is -11.8. The van der Waals surface area contributed by atoms with Gasteiger partial charge in [0.1, 0.15) is 29.1 Å². The van der Waals surface area contributed by atoms with E-state index in [1.165, 1.54) is 49.4 Å². The van der Waals surface area contributed by atoms with Crippen LogP contribution in [0.4, 0.5) is 27.7 Å². The number of nitrogens with one attached hydrogen (secondary N) is 8. The van der Waals surface area contributed by atoms with Crippen molar-refractivity contribution in [2.75, 3.05) is 21.3 Å². The van der Waals surface area contributed by atoms with Crippen molar-refractivity contribution in [2.24, 2.45) is 0 Å². The molecule has 0 aliphatic heterocycles. The number of rotatable bonds is 16. The van der Waals surface area contributed by atoms with Gasteiger partial charge in [-0.2, -0.15) is 38.5 Å². The molecule has 24 nitrogen and oxygen atoms in total.